The number of aromatic nitrogens is 2. The van der Waals surface area contributed by atoms with Crippen LogP contribution in [0, 0.1) is 5.82 Å². The van der Waals surface area contributed by atoms with Gasteiger partial charge in [-0.1, -0.05) is 30.3 Å². The van der Waals surface area contributed by atoms with Crippen molar-refractivity contribution < 1.29 is 14.0 Å². The summed E-state index contributed by atoms with van der Waals surface area (Å²) in [7, 11) is 0. The van der Waals surface area contributed by atoms with E-state index in [1.165, 1.54) is 30.6 Å². The van der Waals surface area contributed by atoms with Crippen LogP contribution in [0.1, 0.15) is 26.4 Å². The van der Waals surface area contributed by atoms with Gasteiger partial charge in [0.05, 0.1) is 6.33 Å². The zero-order chi connectivity index (χ0) is 17.8. The summed E-state index contributed by atoms with van der Waals surface area (Å²) in [5.41, 5.74) is 6.75. The molecule has 3 N–H and O–H groups in total. The molecule has 0 unspecified atom stereocenters. The van der Waals surface area contributed by atoms with Gasteiger partial charge in [-0.25, -0.2) is 9.37 Å². The van der Waals surface area contributed by atoms with E-state index < -0.39 is 17.6 Å². The fourth-order valence-electron chi connectivity index (χ4n) is 2.41. The van der Waals surface area contributed by atoms with Gasteiger partial charge < -0.3 is 15.6 Å². The predicted molar refractivity (Wildman–Crippen MR) is 90.6 cm³/mol. The molecule has 0 spiro atoms. The van der Waals surface area contributed by atoms with Gasteiger partial charge in [0.2, 0.25) is 0 Å². The molecule has 1 heterocycles. The highest BCUT2D eigenvalue weighted by atomic mass is 19.1. The molecule has 2 amide bonds. The van der Waals surface area contributed by atoms with E-state index in [2.05, 4.69) is 10.3 Å². The molecule has 0 fully saturated rings. The third-order valence-electron chi connectivity index (χ3n) is 3.61. The second-order valence-corrected chi connectivity index (χ2v) is 5.38. The molecule has 7 heteroatoms. The molecule has 1 aromatic heterocycles. The van der Waals surface area contributed by atoms with E-state index in [4.69, 9.17) is 5.73 Å². The van der Waals surface area contributed by atoms with Crippen LogP contribution in [0.4, 0.5) is 10.2 Å². The number of nitrogens with two attached hydrogens (primary N) is 1. The fraction of sp³-hybridized carbons (Fsp3) is 0.0556. The SMILES string of the molecule is NC(=O)c1c(NC(=O)c2ccc(F)cc2)ncn1Cc1ccccc1. The first-order chi connectivity index (χ1) is 12.0. The number of rotatable bonds is 5. The molecular weight excluding hydrogens is 323 g/mol. The van der Waals surface area contributed by atoms with Crippen LogP contribution < -0.4 is 11.1 Å². The van der Waals surface area contributed by atoms with Crippen molar-refractivity contribution in [3.63, 3.8) is 0 Å². The molecule has 0 aliphatic rings. The quantitative estimate of drug-likeness (QED) is 0.748. The minimum absolute atomic E-state index is 0.0674. The first-order valence-corrected chi connectivity index (χ1v) is 7.50. The Morgan fingerprint density at radius 2 is 1.76 bits per heavy atom. The lowest BCUT2D eigenvalue weighted by Crippen LogP contribution is -2.21. The number of carbonyl (C=O) groups excluding carboxylic acids is 2. The number of halogens is 1. The summed E-state index contributed by atoms with van der Waals surface area (Å²) >= 11 is 0. The maximum atomic E-state index is 12.9. The van der Waals surface area contributed by atoms with Gasteiger partial charge in [-0.3, -0.25) is 9.59 Å². The maximum Gasteiger partial charge on any atom is 0.269 e. The predicted octanol–water partition coefficient (Wildman–Crippen LogP) is 2.42. The lowest BCUT2D eigenvalue weighted by molar-refractivity contribution is 0.0993. The summed E-state index contributed by atoms with van der Waals surface area (Å²) in [6, 6.07) is 14.5. The Kier molecular flexibility index (Phi) is 4.56. The Labute approximate surface area is 143 Å². The smallest absolute Gasteiger partial charge is 0.269 e. The number of primary amides is 1. The zero-order valence-electron chi connectivity index (χ0n) is 13.1. The highest BCUT2D eigenvalue weighted by molar-refractivity contribution is 6.07. The minimum Gasteiger partial charge on any atom is -0.364 e. The number of carbonyl (C=O) groups is 2. The first-order valence-electron chi connectivity index (χ1n) is 7.50. The average Bonchev–Trinajstić information content (AvgIpc) is 2.98. The van der Waals surface area contributed by atoms with Crippen LogP contribution in [-0.4, -0.2) is 21.4 Å². The van der Waals surface area contributed by atoms with Gasteiger partial charge in [-0.2, -0.15) is 0 Å². The monoisotopic (exact) mass is 338 g/mol. The summed E-state index contributed by atoms with van der Waals surface area (Å²) in [6.07, 6.45) is 1.44. The number of nitrogens with one attached hydrogen (secondary N) is 1. The van der Waals surface area contributed by atoms with Crippen LogP contribution in [-0.2, 0) is 6.54 Å². The molecule has 0 aliphatic heterocycles. The van der Waals surface area contributed by atoms with Gasteiger partial charge >= 0.3 is 0 Å². The molecule has 3 rings (SSSR count). The number of imidazole rings is 1. The van der Waals surface area contributed by atoms with E-state index in [0.29, 0.717) is 6.54 Å². The number of hydrogen-bond acceptors (Lipinski definition) is 3. The van der Waals surface area contributed by atoms with Crippen molar-refractivity contribution in [2.45, 2.75) is 6.54 Å². The van der Waals surface area contributed by atoms with E-state index in [0.717, 1.165) is 5.56 Å². The molecule has 0 aliphatic carbocycles. The second-order valence-electron chi connectivity index (χ2n) is 5.38. The molecule has 0 radical (unpaired) electrons. The van der Waals surface area contributed by atoms with Gasteiger partial charge in [0.15, 0.2) is 11.5 Å². The van der Waals surface area contributed by atoms with Gasteiger partial charge in [0, 0.05) is 12.1 Å². The van der Waals surface area contributed by atoms with Gasteiger partial charge in [0.25, 0.3) is 11.8 Å². The topological polar surface area (TPSA) is 90.0 Å². The molecule has 3 aromatic rings. The minimum atomic E-state index is -0.706. The fourth-order valence-corrected chi connectivity index (χ4v) is 2.41. The summed E-state index contributed by atoms with van der Waals surface area (Å²) in [6.45, 7) is 0.387. The number of nitrogens with zero attached hydrogens (tertiary/aromatic N) is 2. The van der Waals surface area contributed by atoms with Crippen molar-refractivity contribution in [3.8, 4) is 0 Å². The first kappa shape index (κ1) is 16.4. The molecular formula is C18H15FN4O2. The van der Waals surface area contributed by atoms with Gasteiger partial charge in [-0.05, 0) is 29.8 Å². The van der Waals surface area contributed by atoms with Crippen molar-refractivity contribution >= 4 is 17.6 Å². The molecule has 25 heavy (non-hydrogen) atoms. The standard InChI is InChI=1S/C18H15FN4O2/c19-14-8-6-13(7-9-14)18(25)22-17-15(16(20)24)23(11-21-17)10-12-4-2-1-3-5-12/h1-9,11H,10H2,(H2,20,24)(H,22,25). The highest BCUT2D eigenvalue weighted by Gasteiger charge is 2.19. The Balaban J connectivity index is 1.85. The molecule has 0 saturated heterocycles. The van der Waals surface area contributed by atoms with Crippen LogP contribution in [0.5, 0.6) is 0 Å². The van der Waals surface area contributed by atoms with E-state index in [1.807, 2.05) is 30.3 Å². The van der Waals surface area contributed by atoms with Crippen LogP contribution in [0.15, 0.2) is 60.9 Å². The number of benzene rings is 2. The Bertz CT molecular complexity index is 905. The number of amides is 2. The van der Waals surface area contributed by atoms with Crippen molar-refractivity contribution in [3.05, 3.63) is 83.6 Å². The Morgan fingerprint density at radius 3 is 2.40 bits per heavy atom. The molecule has 0 saturated carbocycles. The third-order valence-corrected chi connectivity index (χ3v) is 3.61. The van der Waals surface area contributed by atoms with Gasteiger partial charge in [-0.15, -0.1) is 0 Å². The largest absolute Gasteiger partial charge is 0.364 e. The number of anilines is 1. The lowest BCUT2D eigenvalue weighted by Gasteiger charge is -2.08. The summed E-state index contributed by atoms with van der Waals surface area (Å²) in [5.74, 6) is -1.59. The molecule has 0 bridgehead atoms. The second kappa shape index (κ2) is 6.96. The van der Waals surface area contributed by atoms with Gasteiger partial charge in [0.1, 0.15) is 5.82 Å². The van der Waals surface area contributed by atoms with Crippen LogP contribution in [0.2, 0.25) is 0 Å². The third kappa shape index (κ3) is 3.72. The van der Waals surface area contributed by atoms with Crippen molar-refractivity contribution in [1.82, 2.24) is 9.55 Å². The normalized spacial score (nSPS) is 10.4. The van der Waals surface area contributed by atoms with Crippen LogP contribution in [0.3, 0.4) is 0 Å². The van der Waals surface area contributed by atoms with Crippen molar-refractivity contribution in [2.24, 2.45) is 5.73 Å². The Morgan fingerprint density at radius 1 is 1.08 bits per heavy atom. The number of hydrogen-bond donors (Lipinski definition) is 2. The van der Waals surface area contributed by atoms with Crippen LogP contribution in [0.25, 0.3) is 0 Å². The molecule has 126 valence electrons. The van der Waals surface area contributed by atoms with E-state index in [1.54, 1.807) is 4.57 Å². The molecule has 2 aromatic carbocycles. The average molecular weight is 338 g/mol. The molecule has 0 atom stereocenters. The van der Waals surface area contributed by atoms with E-state index in [-0.39, 0.29) is 17.1 Å². The molecule has 6 nitrogen and oxygen atoms in total. The Hall–Kier alpha value is -3.48. The van der Waals surface area contributed by atoms with Crippen molar-refractivity contribution in [1.29, 1.82) is 0 Å². The van der Waals surface area contributed by atoms with E-state index >= 15 is 0 Å². The summed E-state index contributed by atoms with van der Waals surface area (Å²) in [5, 5.41) is 2.54. The van der Waals surface area contributed by atoms with E-state index in [9.17, 15) is 14.0 Å². The summed E-state index contributed by atoms with van der Waals surface area (Å²) < 4.78 is 14.5. The highest BCUT2D eigenvalue weighted by Crippen LogP contribution is 2.16. The van der Waals surface area contributed by atoms with Crippen molar-refractivity contribution in [2.75, 3.05) is 5.32 Å². The lowest BCUT2D eigenvalue weighted by atomic mass is 10.2. The van der Waals surface area contributed by atoms with Crippen LogP contribution >= 0.6 is 0 Å². The zero-order valence-corrected chi connectivity index (χ0v) is 13.1. The maximum absolute atomic E-state index is 12.9. The summed E-state index contributed by atoms with van der Waals surface area (Å²) in [4.78, 5) is 28.1.